The van der Waals surface area contributed by atoms with E-state index in [2.05, 4.69) is 26.1 Å². The summed E-state index contributed by atoms with van der Waals surface area (Å²) < 4.78 is 5.60. The average molecular weight is 306 g/mol. The summed E-state index contributed by atoms with van der Waals surface area (Å²) in [4.78, 5) is 24.8. The van der Waals surface area contributed by atoms with Crippen molar-refractivity contribution in [2.45, 2.75) is 39.2 Å². The maximum atomic E-state index is 11.9. The van der Waals surface area contributed by atoms with Crippen molar-refractivity contribution in [3.63, 3.8) is 0 Å². The van der Waals surface area contributed by atoms with Crippen LogP contribution in [0.1, 0.15) is 33.3 Å². The second-order valence-electron chi connectivity index (χ2n) is 6.54. The first-order chi connectivity index (χ1) is 10.1. The molecule has 5 nitrogen and oxygen atoms in total. The lowest BCUT2D eigenvalue weighted by Crippen LogP contribution is -2.42. The Morgan fingerprint density at radius 2 is 1.73 bits per heavy atom. The van der Waals surface area contributed by atoms with E-state index in [4.69, 9.17) is 4.74 Å². The van der Waals surface area contributed by atoms with Crippen LogP contribution in [0.25, 0.3) is 0 Å². The van der Waals surface area contributed by atoms with E-state index in [0.717, 1.165) is 0 Å². The summed E-state index contributed by atoms with van der Waals surface area (Å²) in [6, 6.07) is 7.70. The van der Waals surface area contributed by atoms with Gasteiger partial charge in [0.05, 0.1) is 6.54 Å². The van der Waals surface area contributed by atoms with Crippen molar-refractivity contribution in [1.82, 2.24) is 10.2 Å². The minimum absolute atomic E-state index is 0.0253. The van der Waals surface area contributed by atoms with Crippen molar-refractivity contribution in [3.05, 3.63) is 29.8 Å². The molecule has 0 aliphatic rings. The number of nitrogens with zero attached hydrogens (tertiary/aromatic N) is 1. The minimum Gasteiger partial charge on any atom is -0.481 e. The molecule has 0 spiro atoms. The lowest BCUT2D eigenvalue weighted by molar-refractivity contribution is -0.133. The van der Waals surface area contributed by atoms with Gasteiger partial charge in [-0.2, -0.15) is 0 Å². The van der Waals surface area contributed by atoms with Crippen LogP contribution in [-0.4, -0.2) is 43.5 Å². The van der Waals surface area contributed by atoms with Crippen LogP contribution in [0.15, 0.2) is 24.3 Å². The molecule has 0 aliphatic carbocycles. The van der Waals surface area contributed by atoms with E-state index in [9.17, 15) is 9.59 Å². The van der Waals surface area contributed by atoms with Gasteiger partial charge >= 0.3 is 0 Å². The van der Waals surface area contributed by atoms with Gasteiger partial charge in [0.15, 0.2) is 6.10 Å². The van der Waals surface area contributed by atoms with Crippen LogP contribution >= 0.6 is 0 Å². The molecule has 0 saturated carbocycles. The van der Waals surface area contributed by atoms with Crippen molar-refractivity contribution in [2.24, 2.45) is 0 Å². The van der Waals surface area contributed by atoms with Crippen LogP contribution in [0.5, 0.6) is 5.75 Å². The van der Waals surface area contributed by atoms with Crippen molar-refractivity contribution < 1.29 is 14.3 Å². The summed E-state index contributed by atoms with van der Waals surface area (Å²) in [7, 11) is 3.29. The Bertz CT molecular complexity index is 516. The summed E-state index contributed by atoms with van der Waals surface area (Å²) in [5.41, 5.74) is 1.28. The highest BCUT2D eigenvalue weighted by atomic mass is 16.5. The molecule has 2 amide bonds. The predicted molar refractivity (Wildman–Crippen MR) is 86.9 cm³/mol. The Morgan fingerprint density at radius 1 is 1.18 bits per heavy atom. The molecule has 1 rings (SSSR count). The van der Waals surface area contributed by atoms with Gasteiger partial charge in [-0.3, -0.25) is 9.59 Å². The molecule has 0 aromatic heterocycles. The van der Waals surface area contributed by atoms with E-state index in [0.29, 0.717) is 5.75 Å². The van der Waals surface area contributed by atoms with Gasteiger partial charge in [0.2, 0.25) is 5.91 Å². The van der Waals surface area contributed by atoms with Gasteiger partial charge in [0.25, 0.3) is 5.91 Å². The lowest BCUT2D eigenvalue weighted by Gasteiger charge is -2.20. The van der Waals surface area contributed by atoms with E-state index in [1.54, 1.807) is 21.0 Å². The van der Waals surface area contributed by atoms with Gasteiger partial charge < -0.3 is 15.0 Å². The Kier molecular flexibility index (Phi) is 5.97. The zero-order valence-corrected chi connectivity index (χ0v) is 14.3. The van der Waals surface area contributed by atoms with Gasteiger partial charge in [-0.25, -0.2) is 0 Å². The molecule has 0 bridgehead atoms. The summed E-state index contributed by atoms with van der Waals surface area (Å²) in [5.74, 6) is 0.166. The smallest absolute Gasteiger partial charge is 0.261 e. The van der Waals surface area contributed by atoms with Crippen molar-refractivity contribution in [3.8, 4) is 5.75 Å². The number of nitrogens with one attached hydrogen (secondary N) is 1. The number of hydrogen-bond acceptors (Lipinski definition) is 3. The Morgan fingerprint density at radius 3 is 2.18 bits per heavy atom. The second kappa shape index (κ2) is 7.29. The first kappa shape index (κ1) is 18.0. The van der Waals surface area contributed by atoms with Crippen LogP contribution in [0.3, 0.4) is 0 Å². The molecule has 0 radical (unpaired) electrons. The normalized spacial score (nSPS) is 12.5. The van der Waals surface area contributed by atoms with E-state index in [1.165, 1.54) is 10.5 Å². The van der Waals surface area contributed by atoms with Gasteiger partial charge in [-0.05, 0) is 30.0 Å². The van der Waals surface area contributed by atoms with Crippen LogP contribution in [0.4, 0.5) is 0 Å². The first-order valence-electron chi connectivity index (χ1n) is 7.36. The summed E-state index contributed by atoms with van der Waals surface area (Å²) in [6.07, 6.45) is -0.657. The summed E-state index contributed by atoms with van der Waals surface area (Å²) in [5, 5.41) is 2.56. The highest BCUT2D eigenvalue weighted by molar-refractivity contribution is 5.86. The van der Waals surface area contributed by atoms with Crippen LogP contribution in [-0.2, 0) is 15.0 Å². The third kappa shape index (κ3) is 5.39. The highest BCUT2D eigenvalue weighted by Gasteiger charge is 2.17. The molecular formula is C17H26N2O3. The van der Waals surface area contributed by atoms with Crippen molar-refractivity contribution >= 4 is 11.8 Å². The predicted octanol–water partition coefficient (Wildman–Crippen LogP) is 1.96. The average Bonchev–Trinajstić information content (AvgIpc) is 2.43. The zero-order chi connectivity index (χ0) is 16.9. The highest BCUT2D eigenvalue weighted by Crippen LogP contribution is 2.24. The van der Waals surface area contributed by atoms with Gasteiger partial charge in [0.1, 0.15) is 5.75 Å². The molecule has 22 heavy (non-hydrogen) atoms. The summed E-state index contributed by atoms with van der Waals surface area (Å²) in [6.45, 7) is 8.05. The fraction of sp³-hybridized carbons (Fsp3) is 0.529. The van der Waals surface area contributed by atoms with Crippen LogP contribution in [0.2, 0.25) is 0 Å². The molecule has 0 heterocycles. The maximum Gasteiger partial charge on any atom is 0.261 e. The Hall–Kier alpha value is -2.04. The molecule has 0 unspecified atom stereocenters. The number of likely N-dealkylation sites (N-methyl/N-ethyl adjacent to an activating group) is 1. The number of ether oxygens (including phenoxy) is 1. The Balaban J connectivity index is 2.55. The van der Waals surface area contributed by atoms with Gasteiger partial charge in [-0.15, -0.1) is 0 Å². The second-order valence-corrected chi connectivity index (χ2v) is 6.54. The van der Waals surface area contributed by atoms with Crippen LogP contribution in [0, 0.1) is 0 Å². The molecule has 1 aromatic rings. The topological polar surface area (TPSA) is 58.6 Å². The number of rotatable bonds is 5. The monoisotopic (exact) mass is 306 g/mol. The van der Waals surface area contributed by atoms with E-state index >= 15 is 0 Å². The van der Waals surface area contributed by atoms with Crippen molar-refractivity contribution in [1.29, 1.82) is 0 Å². The van der Waals surface area contributed by atoms with E-state index in [-0.39, 0.29) is 23.8 Å². The third-order valence-electron chi connectivity index (χ3n) is 3.32. The third-order valence-corrected chi connectivity index (χ3v) is 3.32. The molecule has 0 fully saturated rings. The van der Waals surface area contributed by atoms with Gasteiger partial charge in [0, 0.05) is 14.1 Å². The quantitative estimate of drug-likeness (QED) is 0.904. The van der Waals surface area contributed by atoms with E-state index in [1.807, 2.05) is 24.3 Å². The summed E-state index contributed by atoms with van der Waals surface area (Å²) >= 11 is 0. The molecule has 0 aliphatic heterocycles. The number of benzene rings is 1. The fourth-order valence-corrected chi connectivity index (χ4v) is 1.76. The fourth-order valence-electron chi connectivity index (χ4n) is 1.76. The molecule has 122 valence electrons. The Labute approximate surface area is 132 Å². The lowest BCUT2D eigenvalue weighted by atomic mass is 9.87. The number of hydrogen-bond donors (Lipinski definition) is 1. The molecule has 0 saturated heterocycles. The SMILES string of the molecule is C[C@H](Oc1ccc(C(C)(C)C)cc1)C(=O)NCC(=O)N(C)C. The standard InChI is InChI=1S/C17H26N2O3/c1-12(16(21)18-11-15(20)19(5)6)22-14-9-7-13(8-10-14)17(2,3)4/h7-10,12H,11H2,1-6H3,(H,18,21)/t12-/m0/s1. The molecule has 5 heteroatoms. The number of carbonyl (C=O) groups is 2. The largest absolute Gasteiger partial charge is 0.481 e. The van der Waals surface area contributed by atoms with Crippen molar-refractivity contribution in [2.75, 3.05) is 20.6 Å². The molecule has 1 aromatic carbocycles. The molecule has 1 atom stereocenters. The first-order valence-corrected chi connectivity index (χ1v) is 7.36. The zero-order valence-electron chi connectivity index (χ0n) is 14.3. The van der Waals surface area contributed by atoms with Crippen LogP contribution < -0.4 is 10.1 Å². The minimum atomic E-state index is -0.657. The van der Waals surface area contributed by atoms with E-state index < -0.39 is 6.10 Å². The molecule has 1 N–H and O–H groups in total. The molecular weight excluding hydrogens is 280 g/mol. The number of carbonyl (C=O) groups excluding carboxylic acids is 2. The maximum absolute atomic E-state index is 11.9. The number of amides is 2. The van der Waals surface area contributed by atoms with Gasteiger partial charge in [-0.1, -0.05) is 32.9 Å².